The van der Waals surface area contributed by atoms with E-state index >= 15 is 0 Å². The lowest BCUT2D eigenvalue weighted by molar-refractivity contribution is -0.137. The molecule has 0 heterocycles. The van der Waals surface area contributed by atoms with Gasteiger partial charge in [0.25, 0.3) is 5.91 Å². The molecule has 0 aliphatic carbocycles. The van der Waals surface area contributed by atoms with E-state index in [0.29, 0.717) is 12.3 Å². The van der Waals surface area contributed by atoms with Crippen LogP contribution in [-0.2, 0) is 6.18 Å². The van der Waals surface area contributed by atoms with Gasteiger partial charge in [-0.2, -0.15) is 13.2 Å². The highest BCUT2D eigenvalue weighted by Gasteiger charge is 2.35. The van der Waals surface area contributed by atoms with Gasteiger partial charge in [0, 0.05) is 12.6 Å². The van der Waals surface area contributed by atoms with Crippen LogP contribution >= 0.6 is 0 Å². The SMILES string of the molecule is CC(C)CC(CN)NC(=O)c1ccccc1C(F)(F)F. The van der Waals surface area contributed by atoms with Crippen LogP contribution in [0.5, 0.6) is 0 Å². The number of benzene rings is 1. The van der Waals surface area contributed by atoms with Crippen molar-refractivity contribution in [1.29, 1.82) is 0 Å². The third-order valence-electron chi connectivity index (χ3n) is 2.85. The Balaban J connectivity index is 2.93. The lowest BCUT2D eigenvalue weighted by atomic mass is 10.0. The van der Waals surface area contributed by atoms with Crippen LogP contribution < -0.4 is 11.1 Å². The summed E-state index contributed by atoms with van der Waals surface area (Å²) in [6.45, 7) is 4.11. The molecule has 0 aromatic heterocycles. The fourth-order valence-electron chi connectivity index (χ4n) is 1.97. The van der Waals surface area contributed by atoms with Crippen molar-refractivity contribution in [3.63, 3.8) is 0 Å². The zero-order valence-electron chi connectivity index (χ0n) is 11.5. The molecule has 0 saturated carbocycles. The quantitative estimate of drug-likeness (QED) is 0.875. The van der Waals surface area contributed by atoms with Gasteiger partial charge in [-0.15, -0.1) is 0 Å². The van der Waals surface area contributed by atoms with Crippen molar-refractivity contribution in [3.8, 4) is 0 Å². The number of carbonyl (C=O) groups excluding carboxylic acids is 1. The number of carbonyl (C=O) groups is 1. The second-order valence-electron chi connectivity index (χ2n) is 5.08. The summed E-state index contributed by atoms with van der Waals surface area (Å²) < 4.78 is 38.5. The number of halogens is 3. The van der Waals surface area contributed by atoms with Gasteiger partial charge in [0.2, 0.25) is 0 Å². The second kappa shape index (κ2) is 6.74. The van der Waals surface area contributed by atoms with Gasteiger partial charge in [-0.3, -0.25) is 4.79 Å². The van der Waals surface area contributed by atoms with Crippen LogP contribution in [-0.4, -0.2) is 18.5 Å². The molecule has 1 atom stereocenters. The minimum atomic E-state index is -4.55. The highest BCUT2D eigenvalue weighted by atomic mass is 19.4. The second-order valence-corrected chi connectivity index (χ2v) is 5.08. The molecule has 0 bridgehead atoms. The van der Waals surface area contributed by atoms with Crippen molar-refractivity contribution in [2.45, 2.75) is 32.5 Å². The van der Waals surface area contributed by atoms with Crippen molar-refractivity contribution in [3.05, 3.63) is 35.4 Å². The Morgan fingerprint density at radius 1 is 1.30 bits per heavy atom. The fraction of sp³-hybridized carbons (Fsp3) is 0.500. The molecule has 112 valence electrons. The minimum absolute atomic E-state index is 0.193. The summed E-state index contributed by atoms with van der Waals surface area (Å²) in [7, 11) is 0. The molecule has 1 rings (SSSR count). The lowest BCUT2D eigenvalue weighted by Gasteiger charge is -2.20. The topological polar surface area (TPSA) is 55.1 Å². The molecule has 0 spiro atoms. The number of rotatable bonds is 5. The summed E-state index contributed by atoms with van der Waals surface area (Å²) in [5.74, 6) is -0.448. The molecule has 1 amide bonds. The first-order valence-electron chi connectivity index (χ1n) is 6.42. The molecular formula is C14H19F3N2O. The van der Waals surface area contributed by atoms with E-state index in [2.05, 4.69) is 5.32 Å². The van der Waals surface area contributed by atoms with Gasteiger partial charge in [-0.1, -0.05) is 26.0 Å². The molecule has 1 aromatic carbocycles. The Morgan fingerprint density at radius 3 is 2.40 bits per heavy atom. The number of hydrogen-bond acceptors (Lipinski definition) is 2. The van der Waals surface area contributed by atoms with Crippen LogP contribution in [0.25, 0.3) is 0 Å². The Bertz CT molecular complexity index is 458. The highest BCUT2D eigenvalue weighted by Crippen LogP contribution is 2.31. The third kappa shape index (κ3) is 4.52. The van der Waals surface area contributed by atoms with Crippen LogP contribution in [0.2, 0.25) is 0 Å². The molecular weight excluding hydrogens is 269 g/mol. The summed E-state index contributed by atoms with van der Waals surface area (Å²) >= 11 is 0. The molecule has 0 radical (unpaired) electrons. The van der Waals surface area contributed by atoms with Crippen LogP contribution in [0.4, 0.5) is 13.2 Å². The van der Waals surface area contributed by atoms with Gasteiger partial charge >= 0.3 is 6.18 Å². The van der Waals surface area contributed by atoms with Crippen LogP contribution in [0, 0.1) is 5.92 Å². The van der Waals surface area contributed by atoms with Gasteiger partial charge in [-0.25, -0.2) is 0 Å². The molecule has 20 heavy (non-hydrogen) atoms. The van der Waals surface area contributed by atoms with E-state index in [1.54, 1.807) is 0 Å². The van der Waals surface area contributed by atoms with Crippen molar-refractivity contribution in [2.24, 2.45) is 11.7 Å². The summed E-state index contributed by atoms with van der Waals surface area (Å²) in [6, 6.07) is 4.40. The zero-order chi connectivity index (χ0) is 15.3. The third-order valence-corrected chi connectivity index (χ3v) is 2.85. The number of amides is 1. The Morgan fingerprint density at radius 2 is 1.90 bits per heavy atom. The maximum absolute atomic E-state index is 12.8. The predicted molar refractivity (Wildman–Crippen MR) is 71.2 cm³/mol. The van der Waals surface area contributed by atoms with Gasteiger partial charge in [0.05, 0.1) is 11.1 Å². The Labute approximate surface area is 116 Å². The fourth-order valence-corrected chi connectivity index (χ4v) is 1.97. The molecule has 0 fully saturated rings. The average molecular weight is 288 g/mol. The van der Waals surface area contributed by atoms with E-state index in [1.807, 2.05) is 13.8 Å². The summed E-state index contributed by atoms with van der Waals surface area (Å²) in [6.07, 6.45) is -3.93. The van der Waals surface area contributed by atoms with E-state index < -0.39 is 17.6 Å². The Kier molecular flexibility index (Phi) is 5.56. The Hall–Kier alpha value is -1.56. The summed E-state index contributed by atoms with van der Waals surface area (Å²) in [5, 5.41) is 2.56. The zero-order valence-corrected chi connectivity index (χ0v) is 11.5. The van der Waals surface area contributed by atoms with Gasteiger partial charge in [0.15, 0.2) is 0 Å². The molecule has 0 aliphatic rings. The molecule has 1 aromatic rings. The van der Waals surface area contributed by atoms with E-state index in [1.165, 1.54) is 18.2 Å². The van der Waals surface area contributed by atoms with Crippen LogP contribution in [0.3, 0.4) is 0 Å². The first-order valence-corrected chi connectivity index (χ1v) is 6.42. The molecule has 3 N–H and O–H groups in total. The molecule has 3 nitrogen and oxygen atoms in total. The number of nitrogens with two attached hydrogens (primary N) is 1. The van der Waals surface area contributed by atoms with Gasteiger partial charge < -0.3 is 11.1 Å². The van der Waals surface area contributed by atoms with E-state index in [-0.39, 0.29) is 18.2 Å². The van der Waals surface area contributed by atoms with E-state index in [0.717, 1.165) is 6.07 Å². The van der Waals surface area contributed by atoms with E-state index in [9.17, 15) is 18.0 Å². The number of hydrogen-bond donors (Lipinski definition) is 2. The number of alkyl halides is 3. The van der Waals surface area contributed by atoms with E-state index in [4.69, 9.17) is 5.73 Å². The molecule has 0 aliphatic heterocycles. The average Bonchev–Trinajstić information content (AvgIpc) is 2.36. The van der Waals surface area contributed by atoms with Gasteiger partial charge in [0.1, 0.15) is 0 Å². The maximum Gasteiger partial charge on any atom is 0.417 e. The summed E-state index contributed by atoms with van der Waals surface area (Å²) in [5.41, 5.74) is 4.23. The first kappa shape index (κ1) is 16.5. The van der Waals surface area contributed by atoms with Crippen LogP contribution in [0.1, 0.15) is 36.2 Å². The standard InChI is InChI=1S/C14H19F3N2O/c1-9(2)7-10(8-18)19-13(20)11-5-3-4-6-12(11)14(15,16)17/h3-6,9-10H,7-8,18H2,1-2H3,(H,19,20). The monoisotopic (exact) mass is 288 g/mol. The van der Waals surface area contributed by atoms with Crippen molar-refractivity contribution >= 4 is 5.91 Å². The van der Waals surface area contributed by atoms with Crippen LogP contribution in [0.15, 0.2) is 24.3 Å². The summed E-state index contributed by atoms with van der Waals surface area (Å²) in [4.78, 5) is 12.0. The van der Waals surface area contributed by atoms with Crippen molar-refractivity contribution in [2.75, 3.05) is 6.54 Å². The predicted octanol–water partition coefficient (Wildman–Crippen LogP) is 2.81. The first-order chi connectivity index (χ1) is 9.25. The minimum Gasteiger partial charge on any atom is -0.348 e. The highest BCUT2D eigenvalue weighted by molar-refractivity contribution is 5.96. The lowest BCUT2D eigenvalue weighted by Crippen LogP contribution is -2.41. The van der Waals surface area contributed by atoms with Crippen molar-refractivity contribution in [1.82, 2.24) is 5.32 Å². The largest absolute Gasteiger partial charge is 0.417 e. The molecule has 6 heteroatoms. The number of nitrogens with one attached hydrogen (secondary N) is 1. The molecule has 1 unspecified atom stereocenters. The smallest absolute Gasteiger partial charge is 0.348 e. The normalized spacial score (nSPS) is 13.3. The van der Waals surface area contributed by atoms with Crippen molar-refractivity contribution < 1.29 is 18.0 Å². The molecule has 0 saturated heterocycles. The van der Waals surface area contributed by atoms with Gasteiger partial charge in [-0.05, 0) is 24.5 Å². The maximum atomic E-state index is 12.8.